The lowest BCUT2D eigenvalue weighted by Gasteiger charge is -2.40. The van der Waals surface area contributed by atoms with Gasteiger partial charge in [0.25, 0.3) is 0 Å². The van der Waals surface area contributed by atoms with Gasteiger partial charge in [0.15, 0.2) is 24.6 Å². The van der Waals surface area contributed by atoms with Gasteiger partial charge in [-0.2, -0.15) is 0 Å². The van der Waals surface area contributed by atoms with Crippen molar-refractivity contribution in [3.63, 3.8) is 0 Å². The molecule has 1 rings (SSSR count). The van der Waals surface area contributed by atoms with Crippen LogP contribution in [0.5, 0.6) is 0 Å². The number of carbonyl (C=O) groups is 4. The van der Waals surface area contributed by atoms with Crippen molar-refractivity contribution in [3.05, 3.63) is 36.5 Å². The molecule has 79 heavy (non-hydrogen) atoms. The second-order valence-electron chi connectivity index (χ2n) is 22.8. The molecule has 1 saturated heterocycles. The highest BCUT2D eigenvalue weighted by atomic mass is 16.7. The van der Waals surface area contributed by atoms with Gasteiger partial charge in [-0.3, -0.25) is 14.4 Å². The van der Waals surface area contributed by atoms with Gasteiger partial charge in [-0.05, 0) is 57.8 Å². The molecule has 0 radical (unpaired) electrons. The fourth-order valence-electron chi connectivity index (χ4n) is 10.1. The summed E-state index contributed by atoms with van der Waals surface area (Å²) in [4.78, 5) is 51.3. The Morgan fingerprint density at radius 1 is 0.418 bits per heavy atom. The number of hydrogen-bond donors (Lipinski definition) is 3. The minimum Gasteiger partial charge on any atom is -0.479 e. The average molecular weight is 1120 g/mol. The Labute approximate surface area is 482 Å². The normalized spacial score (nSPS) is 18.0. The van der Waals surface area contributed by atoms with E-state index >= 15 is 0 Å². The number of carbonyl (C=O) groups excluding carboxylic acids is 3. The molecule has 0 saturated carbocycles. The lowest BCUT2D eigenvalue weighted by atomic mass is 9.98. The quantitative estimate of drug-likeness (QED) is 0.0228. The van der Waals surface area contributed by atoms with Crippen LogP contribution in [0.2, 0.25) is 0 Å². The molecule has 1 aliphatic rings. The summed E-state index contributed by atoms with van der Waals surface area (Å²) in [7, 11) is 0. The van der Waals surface area contributed by atoms with E-state index in [1.807, 2.05) is 0 Å². The number of carboxylic acid groups (broad SMARTS) is 1. The molecule has 0 amide bonds. The fourth-order valence-corrected chi connectivity index (χ4v) is 10.1. The van der Waals surface area contributed by atoms with Gasteiger partial charge >= 0.3 is 23.9 Å². The summed E-state index contributed by atoms with van der Waals surface area (Å²) < 4.78 is 28.5. The Balaban J connectivity index is 2.63. The molecule has 0 aliphatic carbocycles. The van der Waals surface area contributed by atoms with Crippen LogP contribution < -0.4 is 0 Å². The van der Waals surface area contributed by atoms with Crippen molar-refractivity contribution in [2.24, 2.45) is 0 Å². The molecule has 1 fully saturated rings. The summed E-state index contributed by atoms with van der Waals surface area (Å²) in [5.41, 5.74) is 0. The lowest BCUT2D eigenvalue weighted by Crippen LogP contribution is -2.61. The third-order valence-electron chi connectivity index (χ3n) is 15.2. The van der Waals surface area contributed by atoms with Crippen LogP contribution >= 0.6 is 0 Å². The van der Waals surface area contributed by atoms with Gasteiger partial charge in [0.05, 0.1) is 6.61 Å². The predicted molar refractivity (Wildman–Crippen MR) is 322 cm³/mol. The molecule has 0 aromatic rings. The molecule has 3 N–H and O–H groups in total. The number of aliphatic carboxylic acids is 1. The van der Waals surface area contributed by atoms with Gasteiger partial charge in [-0.1, -0.05) is 276 Å². The summed E-state index contributed by atoms with van der Waals surface area (Å²) in [6.07, 6.45) is 54.0. The van der Waals surface area contributed by atoms with Crippen molar-refractivity contribution in [2.75, 3.05) is 13.2 Å². The van der Waals surface area contributed by atoms with Gasteiger partial charge < -0.3 is 39.0 Å². The smallest absolute Gasteiger partial charge is 0.335 e. The standard InChI is InChI=1S/C67H120O12/c1-4-7-10-13-16-19-22-24-26-28-30-32-34-36-39-41-44-47-50-53-59(68)75-56-58(77-60(69)54-51-48-45-43-40-37-35-33-31-29-27-25-23-20-17-14-11-8-5-2)57-76-67-65(63(72)62(71)64(79-67)66(73)74)78-61(70)55-52-49-46-42-38-21-18-15-12-9-6-3/h16,19,24,26,30,32,58,62-65,67,71-72H,4-15,17-18,20-23,25,27-29,31,33-57H2,1-3H3,(H,73,74)/b19-16-,26-24-,32-30-. The maximum atomic E-state index is 13.2. The first-order chi connectivity index (χ1) is 38.6. The molecular formula is C67H120O12. The van der Waals surface area contributed by atoms with Crippen molar-refractivity contribution in [1.29, 1.82) is 0 Å². The number of rotatable bonds is 57. The minimum atomic E-state index is -1.90. The van der Waals surface area contributed by atoms with Crippen LogP contribution in [-0.2, 0) is 42.9 Å². The average Bonchev–Trinajstić information content (AvgIpc) is 3.47. The van der Waals surface area contributed by atoms with Crippen molar-refractivity contribution >= 4 is 23.9 Å². The molecule has 460 valence electrons. The highest BCUT2D eigenvalue weighted by Crippen LogP contribution is 2.27. The van der Waals surface area contributed by atoms with E-state index in [-0.39, 0.29) is 25.9 Å². The zero-order chi connectivity index (χ0) is 57.5. The maximum absolute atomic E-state index is 13.2. The SMILES string of the molecule is CCCCC/C=C\C/C=C\C/C=C\CCCCCCCCC(=O)OCC(COC1OC(C(=O)O)C(O)C(O)C1OC(=O)CCCCCCCCCCCCC)OC(=O)CCCCCCCCCCCCCCCCCCCCC. The van der Waals surface area contributed by atoms with Gasteiger partial charge in [0, 0.05) is 19.3 Å². The number of hydrogen-bond acceptors (Lipinski definition) is 11. The molecule has 0 aromatic carbocycles. The molecule has 1 heterocycles. The highest BCUT2D eigenvalue weighted by molar-refractivity contribution is 5.74. The summed E-state index contributed by atoms with van der Waals surface area (Å²) in [5, 5.41) is 31.5. The highest BCUT2D eigenvalue weighted by Gasteiger charge is 2.50. The van der Waals surface area contributed by atoms with Gasteiger partial charge in [-0.15, -0.1) is 0 Å². The van der Waals surface area contributed by atoms with Gasteiger partial charge in [0.1, 0.15) is 18.8 Å². The van der Waals surface area contributed by atoms with E-state index < -0.39 is 67.3 Å². The second kappa shape index (κ2) is 55.5. The number of aliphatic hydroxyl groups excluding tert-OH is 2. The molecule has 0 aromatic heterocycles. The Morgan fingerprint density at radius 3 is 1.18 bits per heavy atom. The van der Waals surface area contributed by atoms with E-state index in [0.717, 1.165) is 96.3 Å². The van der Waals surface area contributed by atoms with E-state index in [0.29, 0.717) is 19.3 Å². The largest absolute Gasteiger partial charge is 0.479 e. The second-order valence-corrected chi connectivity index (χ2v) is 22.8. The van der Waals surface area contributed by atoms with E-state index in [1.165, 1.54) is 161 Å². The third-order valence-corrected chi connectivity index (χ3v) is 15.2. The maximum Gasteiger partial charge on any atom is 0.335 e. The number of aliphatic hydroxyl groups is 2. The number of allylic oxidation sites excluding steroid dienone is 6. The Kier molecular flexibility index (Phi) is 51.9. The van der Waals surface area contributed by atoms with Crippen LogP contribution in [0.15, 0.2) is 36.5 Å². The molecule has 0 bridgehead atoms. The van der Waals surface area contributed by atoms with E-state index in [1.54, 1.807) is 0 Å². The monoisotopic (exact) mass is 1120 g/mol. The Bertz CT molecular complexity index is 1510. The van der Waals surface area contributed by atoms with E-state index in [9.17, 15) is 34.5 Å². The first-order valence-corrected chi connectivity index (χ1v) is 33.0. The van der Waals surface area contributed by atoms with Crippen LogP contribution in [0.3, 0.4) is 0 Å². The Hall–Kier alpha value is -3.06. The molecule has 6 unspecified atom stereocenters. The van der Waals surface area contributed by atoms with E-state index in [4.69, 9.17) is 23.7 Å². The topological polar surface area (TPSA) is 175 Å². The fraction of sp³-hybridized carbons (Fsp3) is 0.851. The third kappa shape index (κ3) is 45.2. The van der Waals surface area contributed by atoms with Gasteiger partial charge in [-0.25, -0.2) is 4.79 Å². The minimum absolute atomic E-state index is 0.0644. The van der Waals surface area contributed by atoms with Crippen LogP contribution in [0.4, 0.5) is 0 Å². The van der Waals surface area contributed by atoms with Crippen LogP contribution in [0.25, 0.3) is 0 Å². The summed E-state index contributed by atoms with van der Waals surface area (Å²) in [5.74, 6) is -3.10. The first-order valence-electron chi connectivity index (χ1n) is 33.0. The van der Waals surface area contributed by atoms with Crippen LogP contribution in [0, 0.1) is 0 Å². The number of carboxylic acids is 1. The molecule has 0 spiro atoms. The van der Waals surface area contributed by atoms with Crippen LogP contribution in [-0.4, -0.2) is 89.2 Å². The number of ether oxygens (including phenoxy) is 5. The van der Waals surface area contributed by atoms with Crippen molar-refractivity contribution in [3.8, 4) is 0 Å². The number of unbranched alkanes of at least 4 members (excludes halogenated alkanes) is 37. The number of esters is 3. The van der Waals surface area contributed by atoms with Crippen molar-refractivity contribution < 1.29 is 58.2 Å². The zero-order valence-corrected chi connectivity index (χ0v) is 50.9. The van der Waals surface area contributed by atoms with Crippen molar-refractivity contribution in [2.45, 2.75) is 353 Å². The molecule has 12 nitrogen and oxygen atoms in total. The summed E-state index contributed by atoms with van der Waals surface area (Å²) in [6.45, 7) is 5.99. The molecule has 1 aliphatic heterocycles. The first kappa shape index (κ1) is 74.0. The molecule has 6 atom stereocenters. The van der Waals surface area contributed by atoms with Gasteiger partial charge in [0.2, 0.25) is 0 Å². The predicted octanol–water partition coefficient (Wildman–Crippen LogP) is 17.6. The van der Waals surface area contributed by atoms with Crippen molar-refractivity contribution in [1.82, 2.24) is 0 Å². The summed E-state index contributed by atoms with van der Waals surface area (Å²) >= 11 is 0. The zero-order valence-electron chi connectivity index (χ0n) is 50.9. The Morgan fingerprint density at radius 2 is 0.759 bits per heavy atom. The summed E-state index contributed by atoms with van der Waals surface area (Å²) in [6, 6.07) is 0. The van der Waals surface area contributed by atoms with E-state index in [2.05, 4.69) is 57.2 Å². The molecule has 12 heteroatoms. The molecular weight excluding hydrogens is 997 g/mol. The lowest BCUT2D eigenvalue weighted by molar-refractivity contribution is -0.301. The van der Waals surface area contributed by atoms with Crippen LogP contribution in [0.1, 0.15) is 316 Å².